The minimum absolute atomic E-state index is 0.100. The van der Waals surface area contributed by atoms with Crippen molar-refractivity contribution >= 4 is 16.8 Å². The van der Waals surface area contributed by atoms with Crippen molar-refractivity contribution in [2.45, 2.75) is 58.2 Å². The topological polar surface area (TPSA) is 77.6 Å². The third-order valence-electron chi connectivity index (χ3n) is 6.61. The Morgan fingerprint density at radius 3 is 2.85 bits per heavy atom. The summed E-state index contributed by atoms with van der Waals surface area (Å²) in [5, 5.41) is 13.8. The van der Waals surface area contributed by atoms with E-state index in [1.54, 1.807) is 0 Å². The molecule has 1 unspecified atom stereocenters. The van der Waals surface area contributed by atoms with E-state index in [1.165, 1.54) is 0 Å². The fraction of sp³-hybridized carbons (Fsp3) is 0.444. The molecule has 1 saturated heterocycles. The van der Waals surface area contributed by atoms with Gasteiger partial charge in [0.1, 0.15) is 5.75 Å². The Morgan fingerprint density at radius 2 is 2.06 bits per heavy atom. The molecular weight excluding hydrogens is 414 g/mol. The molecule has 2 aliphatic heterocycles. The number of aliphatic hydroxyl groups excluding tert-OH is 1. The lowest BCUT2D eigenvalue weighted by atomic mass is 9.96. The maximum atomic E-state index is 13.0. The van der Waals surface area contributed by atoms with E-state index in [9.17, 15) is 9.90 Å². The number of rotatable bonds is 5. The molecule has 0 saturated carbocycles. The lowest BCUT2D eigenvalue weighted by Crippen LogP contribution is -2.40. The number of carbonyl (C=O) groups is 1. The molecule has 6 heteroatoms. The van der Waals surface area contributed by atoms with E-state index in [2.05, 4.69) is 45.5 Å². The molecule has 0 aliphatic carbocycles. The van der Waals surface area contributed by atoms with Crippen molar-refractivity contribution in [2.75, 3.05) is 19.8 Å². The first kappa shape index (κ1) is 22.0. The summed E-state index contributed by atoms with van der Waals surface area (Å²) in [5.41, 5.74) is 5.76. The second-order valence-corrected chi connectivity index (χ2v) is 10.4. The average Bonchev–Trinajstić information content (AvgIpc) is 3.50. The van der Waals surface area contributed by atoms with Crippen LogP contribution in [0.15, 0.2) is 36.4 Å². The van der Waals surface area contributed by atoms with Gasteiger partial charge in [0.05, 0.1) is 18.8 Å². The summed E-state index contributed by atoms with van der Waals surface area (Å²) in [6.45, 7) is 8.64. The number of hydrogen-bond acceptors (Lipinski definition) is 4. The van der Waals surface area contributed by atoms with Crippen LogP contribution in [-0.2, 0) is 13.0 Å². The molecule has 0 radical (unpaired) electrons. The van der Waals surface area contributed by atoms with Gasteiger partial charge in [0.15, 0.2) is 0 Å². The number of H-pyrrole nitrogens is 1. The van der Waals surface area contributed by atoms with Crippen LogP contribution in [0.4, 0.5) is 0 Å². The van der Waals surface area contributed by atoms with E-state index in [4.69, 9.17) is 4.74 Å². The van der Waals surface area contributed by atoms with E-state index < -0.39 is 0 Å². The monoisotopic (exact) mass is 447 g/mol. The van der Waals surface area contributed by atoms with E-state index in [1.807, 2.05) is 26.8 Å². The Bertz CT molecular complexity index is 1190. The van der Waals surface area contributed by atoms with Crippen LogP contribution in [0.25, 0.3) is 22.0 Å². The van der Waals surface area contributed by atoms with Crippen molar-refractivity contribution < 1.29 is 14.6 Å². The first-order valence-corrected chi connectivity index (χ1v) is 11.9. The number of ether oxygens (including phenoxy) is 1. The average molecular weight is 448 g/mol. The maximum absolute atomic E-state index is 13.0. The highest BCUT2D eigenvalue weighted by Crippen LogP contribution is 2.36. The molecule has 3 N–H and O–H groups in total. The second kappa shape index (κ2) is 8.50. The summed E-state index contributed by atoms with van der Waals surface area (Å²) < 4.78 is 5.82. The van der Waals surface area contributed by atoms with E-state index >= 15 is 0 Å². The Balaban J connectivity index is 1.46. The molecule has 174 valence electrons. The zero-order chi connectivity index (χ0) is 23.2. The summed E-state index contributed by atoms with van der Waals surface area (Å²) in [6.07, 6.45) is 3.02. The van der Waals surface area contributed by atoms with Crippen molar-refractivity contribution in [3.63, 3.8) is 0 Å². The zero-order valence-electron chi connectivity index (χ0n) is 19.7. The Hall–Kier alpha value is -2.83. The van der Waals surface area contributed by atoms with Gasteiger partial charge in [-0.25, -0.2) is 0 Å². The number of aromatic amines is 1. The van der Waals surface area contributed by atoms with Gasteiger partial charge in [-0.2, -0.15) is 0 Å². The van der Waals surface area contributed by atoms with Crippen molar-refractivity contribution in [1.82, 2.24) is 15.2 Å². The molecule has 1 fully saturated rings. The Kier molecular flexibility index (Phi) is 5.67. The highest BCUT2D eigenvalue weighted by atomic mass is 16.5. The van der Waals surface area contributed by atoms with Crippen molar-refractivity contribution in [1.29, 1.82) is 0 Å². The minimum atomic E-state index is -0.316. The highest BCUT2D eigenvalue weighted by Gasteiger charge is 2.26. The van der Waals surface area contributed by atoms with Crippen LogP contribution in [0.2, 0.25) is 0 Å². The summed E-state index contributed by atoms with van der Waals surface area (Å²) >= 11 is 0. The number of nitrogens with zero attached hydrogens (tertiary/aromatic N) is 1. The molecule has 1 amide bonds. The number of amides is 1. The Morgan fingerprint density at radius 1 is 1.21 bits per heavy atom. The molecule has 3 heterocycles. The normalized spacial score (nSPS) is 18.5. The van der Waals surface area contributed by atoms with E-state index in [-0.39, 0.29) is 24.1 Å². The predicted octanol–water partition coefficient (Wildman–Crippen LogP) is 4.25. The first-order chi connectivity index (χ1) is 15.8. The molecule has 6 nitrogen and oxygen atoms in total. The van der Waals surface area contributed by atoms with Gasteiger partial charge in [0.25, 0.3) is 5.91 Å². The van der Waals surface area contributed by atoms with Gasteiger partial charge in [-0.1, -0.05) is 6.07 Å². The Labute approximate surface area is 194 Å². The third-order valence-corrected chi connectivity index (χ3v) is 6.61. The molecule has 1 atom stereocenters. The number of nitrogens with one attached hydrogen (secondary N) is 2. The smallest absolute Gasteiger partial charge is 0.255 e. The van der Waals surface area contributed by atoms with Crippen LogP contribution in [0.1, 0.15) is 55.2 Å². The van der Waals surface area contributed by atoms with Crippen LogP contribution >= 0.6 is 0 Å². The number of aliphatic hydroxyl groups is 1. The molecule has 33 heavy (non-hydrogen) atoms. The molecule has 0 bridgehead atoms. The summed E-state index contributed by atoms with van der Waals surface area (Å²) in [4.78, 5) is 18.9. The lowest BCUT2D eigenvalue weighted by Gasteiger charge is -2.21. The van der Waals surface area contributed by atoms with Crippen molar-refractivity contribution in [2.24, 2.45) is 0 Å². The van der Waals surface area contributed by atoms with Gasteiger partial charge in [-0.15, -0.1) is 0 Å². The molecular formula is C27H33N3O3. The molecule has 2 aliphatic rings. The quantitative estimate of drug-likeness (QED) is 0.546. The number of hydrogen-bond donors (Lipinski definition) is 3. The molecule has 3 aromatic rings. The van der Waals surface area contributed by atoms with Crippen LogP contribution in [0, 0.1) is 0 Å². The SMILES string of the molecule is CC(C)(C)NC(=O)c1cc(-c2ccc3[nH]c(CN4CCCC4CO)cc3c2)cc2c1OCC2. The molecule has 1 aromatic heterocycles. The summed E-state index contributed by atoms with van der Waals surface area (Å²) in [5.74, 6) is 0.617. The van der Waals surface area contributed by atoms with E-state index in [0.29, 0.717) is 12.2 Å². The van der Waals surface area contributed by atoms with E-state index in [0.717, 1.165) is 71.4 Å². The summed E-state index contributed by atoms with van der Waals surface area (Å²) in [6, 6.07) is 13.0. The van der Waals surface area contributed by atoms with Gasteiger partial charge in [0, 0.05) is 41.1 Å². The fourth-order valence-corrected chi connectivity index (χ4v) is 5.04. The van der Waals surface area contributed by atoms with Crippen LogP contribution < -0.4 is 10.1 Å². The van der Waals surface area contributed by atoms with Crippen LogP contribution in [0.3, 0.4) is 0 Å². The third kappa shape index (κ3) is 4.50. The standard InChI is InChI=1S/C27H33N3O3/c1-27(2,3)29-26(32)23-14-19(12-18-8-10-33-25(18)23)17-6-7-24-20(11-17)13-21(28-24)15-30-9-4-5-22(30)16-31/h6-7,11-14,22,28,31H,4-5,8-10,15-16H2,1-3H3,(H,29,32). The maximum Gasteiger partial charge on any atom is 0.255 e. The fourth-order valence-electron chi connectivity index (χ4n) is 5.04. The van der Waals surface area contributed by atoms with Crippen LogP contribution in [-0.4, -0.2) is 52.2 Å². The van der Waals surface area contributed by atoms with Gasteiger partial charge in [-0.3, -0.25) is 9.69 Å². The summed E-state index contributed by atoms with van der Waals surface area (Å²) in [7, 11) is 0. The van der Waals surface area contributed by atoms with Crippen LogP contribution in [0.5, 0.6) is 5.75 Å². The van der Waals surface area contributed by atoms with Crippen molar-refractivity contribution in [3.05, 3.63) is 53.2 Å². The lowest BCUT2D eigenvalue weighted by molar-refractivity contribution is 0.0916. The van der Waals surface area contributed by atoms with Gasteiger partial charge < -0.3 is 20.1 Å². The minimum Gasteiger partial charge on any atom is -0.492 e. The zero-order valence-corrected chi connectivity index (χ0v) is 19.7. The largest absolute Gasteiger partial charge is 0.492 e. The van der Waals surface area contributed by atoms with Gasteiger partial charge in [0.2, 0.25) is 0 Å². The van der Waals surface area contributed by atoms with Crippen molar-refractivity contribution in [3.8, 4) is 16.9 Å². The number of aromatic nitrogens is 1. The number of carbonyl (C=O) groups excluding carboxylic acids is 1. The van der Waals surface area contributed by atoms with Gasteiger partial charge >= 0.3 is 0 Å². The predicted molar refractivity (Wildman–Crippen MR) is 131 cm³/mol. The molecule has 2 aromatic carbocycles. The molecule has 0 spiro atoms. The number of fused-ring (bicyclic) bond motifs is 2. The van der Waals surface area contributed by atoms with Gasteiger partial charge in [-0.05, 0) is 87.2 Å². The number of benzene rings is 2. The highest BCUT2D eigenvalue weighted by molar-refractivity contribution is 5.99. The molecule has 5 rings (SSSR count). The first-order valence-electron chi connectivity index (χ1n) is 11.9. The number of likely N-dealkylation sites (tertiary alicyclic amines) is 1. The second-order valence-electron chi connectivity index (χ2n) is 10.4.